The van der Waals surface area contributed by atoms with Crippen molar-refractivity contribution in [1.29, 1.82) is 0 Å². The van der Waals surface area contributed by atoms with Crippen LogP contribution in [0.15, 0.2) is 35.1 Å². The van der Waals surface area contributed by atoms with Crippen molar-refractivity contribution >= 4 is 5.91 Å². The Labute approximate surface area is 140 Å². The zero-order valence-corrected chi connectivity index (χ0v) is 13.8. The third-order valence-corrected chi connectivity index (χ3v) is 3.44. The summed E-state index contributed by atoms with van der Waals surface area (Å²) in [6.07, 6.45) is 1.67. The first-order valence-electron chi connectivity index (χ1n) is 7.67. The van der Waals surface area contributed by atoms with Crippen LogP contribution in [0.5, 0.6) is 5.75 Å². The molecule has 0 aliphatic heterocycles. The summed E-state index contributed by atoms with van der Waals surface area (Å²) in [7, 11) is 3.22. The zero-order valence-electron chi connectivity index (χ0n) is 13.8. The third-order valence-electron chi connectivity index (χ3n) is 3.44. The van der Waals surface area contributed by atoms with Crippen LogP contribution in [0.3, 0.4) is 0 Å². The Hall–Kier alpha value is -2.67. The first-order valence-corrected chi connectivity index (χ1v) is 7.67. The summed E-state index contributed by atoms with van der Waals surface area (Å²) < 4.78 is 10.1. The molecule has 128 valence electrons. The number of aromatic nitrogens is 2. The molecule has 0 saturated carbocycles. The number of nitrogens with one attached hydrogen (secondary N) is 2. The summed E-state index contributed by atoms with van der Waals surface area (Å²) >= 11 is 0. The van der Waals surface area contributed by atoms with Crippen molar-refractivity contribution in [2.75, 3.05) is 27.4 Å². The van der Waals surface area contributed by atoms with E-state index < -0.39 is 5.69 Å². The number of methoxy groups -OCH3 is 2. The minimum Gasteiger partial charge on any atom is -0.497 e. The number of carbonyl (C=O) groups excluding carboxylic acids is 1. The van der Waals surface area contributed by atoms with Gasteiger partial charge < -0.3 is 19.8 Å². The number of amides is 1. The maximum Gasteiger partial charge on any atom is 0.346 e. The van der Waals surface area contributed by atoms with Crippen LogP contribution in [0, 0.1) is 0 Å². The van der Waals surface area contributed by atoms with Crippen LogP contribution in [0.2, 0.25) is 0 Å². The minimum atomic E-state index is -0.562. The number of aromatic amines is 1. The number of unbranched alkanes of at least 4 members (excludes halogenated alkanes) is 1. The largest absolute Gasteiger partial charge is 0.497 e. The monoisotopic (exact) mass is 331 g/mol. The van der Waals surface area contributed by atoms with Gasteiger partial charge in [-0.15, -0.1) is 0 Å². The first-order chi connectivity index (χ1) is 11.6. The molecular formula is C17H21N3O4. The maximum atomic E-state index is 12.2. The van der Waals surface area contributed by atoms with Gasteiger partial charge in [0.2, 0.25) is 0 Å². The highest BCUT2D eigenvalue weighted by atomic mass is 16.5. The van der Waals surface area contributed by atoms with Crippen molar-refractivity contribution in [3.05, 3.63) is 46.5 Å². The summed E-state index contributed by atoms with van der Waals surface area (Å²) in [5.74, 6) is 0.374. The molecule has 0 saturated heterocycles. The van der Waals surface area contributed by atoms with Crippen molar-refractivity contribution in [2.45, 2.75) is 12.8 Å². The van der Waals surface area contributed by atoms with Crippen LogP contribution in [0.1, 0.15) is 23.3 Å². The lowest BCUT2D eigenvalue weighted by Gasteiger charge is -2.07. The molecule has 0 spiro atoms. The molecule has 0 unspecified atom stereocenters. The van der Waals surface area contributed by atoms with Crippen LogP contribution in [0.4, 0.5) is 0 Å². The quantitative estimate of drug-likeness (QED) is 0.717. The predicted molar refractivity (Wildman–Crippen MR) is 90.3 cm³/mol. The zero-order chi connectivity index (χ0) is 17.4. The summed E-state index contributed by atoms with van der Waals surface area (Å²) in [4.78, 5) is 30.3. The van der Waals surface area contributed by atoms with E-state index in [1.54, 1.807) is 44.6 Å². The Morgan fingerprint density at radius 2 is 1.96 bits per heavy atom. The molecule has 0 atom stereocenters. The molecule has 2 N–H and O–H groups in total. The van der Waals surface area contributed by atoms with Gasteiger partial charge in [-0.2, -0.15) is 4.98 Å². The summed E-state index contributed by atoms with van der Waals surface area (Å²) in [5, 5.41) is 2.77. The second-order valence-corrected chi connectivity index (χ2v) is 5.17. The molecule has 1 aromatic carbocycles. The average Bonchev–Trinajstić information content (AvgIpc) is 2.61. The number of rotatable bonds is 8. The lowest BCUT2D eigenvalue weighted by atomic mass is 10.1. The molecule has 0 radical (unpaired) electrons. The number of nitrogens with zero attached hydrogens (tertiary/aromatic N) is 1. The fourth-order valence-electron chi connectivity index (χ4n) is 2.16. The van der Waals surface area contributed by atoms with Crippen molar-refractivity contribution in [3.63, 3.8) is 0 Å². The van der Waals surface area contributed by atoms with Gasteiger partial charge in [-0.05, 0) is 43.2 Å². The summed E-state index contributed by atoms with van der Waals surface area (Å²) in [6.45, 7) is 1.17. The smallest absolute Gasteiger partial charge is 0.346 e. The molecule has 0 aliphatic rings. The molecular weight excluding hydrogens is 310 g/mol. The fourth-order valence-corrected chi connectivity index (χ4v) is 2.16. The van der Waals surface area contributed by atoms with E-state index in [9.17, 15) is 9.59 Å². The molecule has 2 rings (SSSR count). The Morgan fingerprint density at radius 3 is 2.62 bits per heavy atom. The van der Waals surface area contributed by atoms with E-state index in [1.807, 2.05) is 0 Å². The van der Waals surface area contributed by atoms with E-state index in [0.717, 1.165) is 18.4 Å². The summed E-state index contributed by atoms with van der Waals surface area (Å²) in [5.41, 5.74) is 0.794. The Balaban J connectivity index is 2.09. The van der Waals surface area contributed by atoms with Crippen LogP contribution < -0.4 is 15.7 Å². The van der Waals surface area contributed by atoms with E-state index in [4.69, 9.17) is 9.47 Å². The predicted octanol–water partition coefficient (Wildman–Crippen LogP) is 1.60. The highest BCUT2D eigenvalue weighted by Crippen LogP contribution is 2.20. The highest BCUT2D eigenvalue weighted by Gasteiger charge is 2.10. The molecule has 1 heterocycles. The molecule has 0 fully saturated rings. The van der Waals surface area contributed by atoms with Crippen LogP contribution in [-0.2, 0) is 4.74 Å². The van der Waals surface area contributed by atoms with E-state index in [-0.39, 0.29) is 11.6 Å². The van der Waals surface area contributed by atoms with E-state index in [2.05, 4.69) is 15.3 Å². The van der Waals surface area contributed by atoms with Gasteiger partial charge in [0, 0.05) is 25.8 Å². The van der Waals surface area contributed by atoms with Crippen LogP contribution >= 0.6 is 0 Å². The van der Waals surface area contributed by atoms with Crippen molar-refractivity contribution < 1.29 is 14.3 Å². The minimum absolute atomic E-state index is 0.188. The van der Waals surface area contributed by atoms with Gasteiger partial charge >= 0.3 is 5.69 Å². The van der Waals surface area contributed by atoms with E-state index in [0.29, 0.717) is 24.6 Å². The maximum absolute atomic E-state index is 12.2. The van der Waals surface area contributed by atoms with Gasteiger partial charge in [-0.1, -0.05) is 0 Å². The van der Waals surface area contributed by atoms with Gasteiger partial charge in [0.1, 0.15) is 11.4 Å². The average molecular weight is 331 g/mol. The van der Waals surface area contributed by atoms with Crippen LogP contribution in [-0.4, -0.2) is 43.2 Å². The number of hydrogen-bond donors (Lipinski definition) is 2. The van der Waals surface area contributed by atoms with Gasteiger partial charge in [0.25, 0.3) is 5.91 Å². The molecule has 1 amide bonds. The normalized spacial score (nSPS) is 10.4. The van der Waals surface area contributed by atoms with Crippen LogP contribution in [0.25, 0.3) is 11.3 Å². The first kappa shape index (κ1) is 17.7. The van der Waals surface area contributed by atoms with E-state index in [1.165, 1.54) is 0 Å². The van der Waals surface area contributed by atoms with Gasteiger partial charge in [-0.25, -0.2) is 4.79 Å². The number of carbonyl (C=O) groups is 1. The Kier molecular flexibility index (Phi) is 6.51. The summed E-state index contributed by atoms with van der Waals surface area (Å²) in [6, 6.07) is 8.68. The van der Waals surface area contributed by atoms with E-state index >= 15 is 0 Å². The standard InChI is InChI=1S/C17H21N3O4/c1-23-10-4-3-9-18-16(21)15-11-14(19-17(22)20-15)12-5-7-13(24-2)8-6-12/h5-8,11H,3-4,9-10H2,1-2H3,(H,18,21)(H,19,20,22). The van der Waals surface area contributed by atoms with Gasteiger partial charge in [0.05, 0.1) is 12.8 Å². The Bertz CT molecular complexity index is 725. The van der Waals surface area contributed by atoms with Crippen molar-refractivity contribution in [1.82, 2.24) is 15.3 Å². The second-order valence-electron chi connectivity index (χ2n) is 5.17. The molecule has 7 heteroatoms. The number of ether oxygens (including phenoxy) is 2. The molecule has 0 aliphatic carbocycles. The number of hydrogen-bond acceptors (Lipinski definition) is 5. The molecule has 7 nitrogen and oxygen atoms in total. The second kappa shape index (κ2) is 8.83. The third kappa shape index (κ3) is 4.92. The molecule has 1 aromatic heterocycles. The van der Waals surface area contributed by atoms with Gasteiger partial charge in [-0.3, -0.25) is 4.79 Å². The lowest BCUT2D eigenvalue weighted by Crippen LogP contribution is -2.28. The SMILES string of the molecule is COCCCCNC(=O)c1cc(-c2ccc(OC)cc2)nc(=O)[nH]1. The number of benzene rings is 1. The van der Waals surface area contributed by atoms with Crippen molar-refractivity contribution in [3.8, 4) is 17.0 Å². The number of H-pyrrole nitrogens is 1. The highest BCUT2D eigenvalue weighted by molar-refractivity contribution is 5.93. The topological polar surface area (TPSA) is 93.3 Å². The van der Waals surface area contributed by atoms with Gasteiger partial charge in [0.15, 0.2) is 0 Å². The van der Waals surface area contributed by atoms with Crippen molar-refractivity contribution in [2.24, 2.45) is 0 Å². The molecule has 24 heavy (non-hydrogen) atoms. The molecule has 2 aromatic rings. The fraction of sp³-hybridized carbons (Fsp3) is 0.353. The Morgan fingerprint density at radius 1 is 1.21 bits per heavy atom. The lowest BCUT2D eigenvalue weighted by molar-refractivity contribution is 0.0946. The molecule has 0 bridgehead atoms.